The van der Waals surface area contributed by atoms with Gasteiger partial charge in [-0.15, -0.1) is 4.68 Å². The fraction of sp³-hybridized carbons (Fsp3) is 0.250. The average Bonchev–Trinajstić information content (AvgIpc) is 2.96. The summed E-state index contributed by atoms with van der Waals surface area (Å²) in [6.07, 6.45) is 0. The molecule has 0 spiro atoms. The van der Waals surface area contributed by atoms with E-state index in [9.17, 15) is 0 Å². The highest BCUT2D eigenvalue weighted by atomic mass is 127. The maximum absolute atomic E-state index is 4.79. The summed E-state index contributed by atoms with van der Waals surface area (Å²) >= 11 is 4.21. The van der Waals surface area contributed by atoms with Gasteiger partial charge >= 0.3 is 5.16 Å². The van der Waals surface area contributed by atoms with Gasteiger partial charge in [0.2, 0.25) is 0 Å². The summed E-state index contributed by atoms with van der Waals surface area (Å²) in [6, 6.07) is 8.70. The van der Waals surface area contributed by atoms with Gasteiger partial charge in [0.15, 0.2) is 5.52 Å². The van der Waals surface area contributed by atoms with Crippen LogP contribution in [0.1, 0.15) is 6.04 Å². The second-order valence-corrected chi connectivity index (χ2v) is 6.19. The van der Waals surface area contributed by atoms with Crippen molar-refractivity contribution in [3.05, 3.63) is 24.3 Å². The zero-order valence-corrected chi connectivity index (χ0v) is 12.4. The summed E-state index contributed by atoms with van der Waals surface area (Å²) in [5.74, 6) is 1.08. The van der Waals surface area contributed by atoms with Crippen LogP contribution in [0.25, 0.3) is 22.1 Å². The minimum absolute atomic E-state index is 0.469. The number of alkyl halides is 1. The van der Waals surface area contributed by atoms with Gasteiger partial charge in [0.1, 0.15) is 6.04 Å². The lowest BCUT2D eigenvalue weighted by Gasteiger charge is -2.00. The van der Waals surface area contributed by atoms with E-state index in [4.69, 9.17) is 10.1 Å². The van der Waals surface area contributed by atoms with Gasteiger partial charge in [-0.2, -0.15) is 0 Å². The Balaban J connectivity index is 2.07. The molecule has 0 amide bonds. The minimum Gasteiger partial charge on any atom is -0.317 e. The molecule has 1 unspecified atom stereocenters. The Morgan fingerprint density at radius 2 is 2.33 bits per heavy atom. The average molecular weight is 369 g/mol. The van der Waals surface area contributed by atoms with Crippen LogP contribution < -0.4 is 4.68 Å². The maximum atomic E-state index is 4.79. The molecule has 18 heavy (non-hydrogen) atoms. The number of halogens is 1. The Labute approximate surface area is 121 Å². The number of hydrogen-bond donors (Lipinski definition) is 1. The fourth-order valence-electron chi connectivity index (χ4n) is 2.28. The lowest BCUT2D eigenvalue weighted by molar-refractivity contribution is -0.798. The molecule has 4 rings (SSSR count). The van der Waals surface area contributed by atoms with Crippen molar-refractivity contribution in [3.63, 3.8) is 0 Å². The molecule has 1 aliphatic heterocycles. The van der Waals surface area contributed by atoms with Gasteiger partial charge in [-0.3, -0.25) is 0 Å². The van der Waals surface area contributed by atoms with E-state index in [-0.39, 0.29) is 0 Å². The molecule has 0 fully saturated rings. The van der Waals surface area contributed by atoms with Gasteiger partial charge in [-0.05, 0) is 22.8 Å². The number of thioether (sulfide) groups is 1. The number of aromatic amines is 1. The van der Waals surface area contributed by atoms with Crippen molar-refractivity contribution in [2.24, 2.45) is 0 Å². The van der Waals surface area contributed by atoms with Crippen LogP contribution in [0.2, 0.25) is 0 Å². The van der Waals surface area contributed by atoms with Crippen molar-refractivity contribution in [1.82, 2.24) is 15.1 Å². The summed E-state index contributed by atoms with van der Waals surface area (Å²) in [7, 11) is 0. The molecule has 0 saturated heterocycles. The molecule has 3 aromatic rings. The molecule has 0 saturated carbocycles. The molecular weight excluding hydrogens is 359 g/mol. The lowest BCUT2D eigenvalue weighted by atomic mass is 10.2. The molecule has 1 aliphatic rings. The van der Waals surface area contributed by atoms with Crippen LogP contribution in [0.3, 0.4) is 0 Å². The second kappa shape index (κ2) is 4.06. The number of fused-ring (bicyclic) bond motifs is 4. The summed E-state index contributed by atoms with van der Waals surface area (Å²) in [4.78, 5) is 8.03. The number of para-hydroxylation sites is 1. The van der Waals surface area contributed by atoms with E-state index in [2.05, 4.69) is 44.4 Å². The van der Waals surface area contributed by atoms with Crippen LogP contribution in [0, 0.1) is 0 Å². The molecule has 1 N–H and O–H groups in total. The topological polar surface area (TPSA) is 45.5 Å². The van der Waals surface area contributed by atoms with Gasteiger partial charge in [0, 0.05) is 15.6 Å². The van der Waals surface area contributed by atoms with Crippen molar-refractivity contribution in [2.45, 2.75) is 11.2 Å². The zero-order chi connectivity index (χ0) is 12.1. The molecule has 0 aliphatic carbocycles. The third kappa shape index (κ3) is 1.48. The summed E-state index contributed by atoms with van der Waals surface area (Å²) < 4.78 is 3.16. The van der Waals surface area contributed by atoms with E-state index in [0.717, 1.165) is 37.4 Å². The van der Waals surface area contributed by atoms with Crippen molar-refractivity contribution in [3.8, 4) is 0 Å². The Hall–Kier alpha value is -0.890. The van der Waals surface area contributed by atoms with Crippen molar-refractivity contribution < 1.29 is 4.68 Å². The van der Waals surface area contributed by atoms with Gasteiger partial charge in [0.05, 0.1) is 5.52 Å². The summed E-state index contributed by atoms with van der Waals surface area (Å²) in [5, 5.41) is 6.97. The van der Waals surface area contributed by atoms with Crippen LogP contribution in [-0.4, -0.2) is 25.2 Å². The number of rotatable bonds is 1. The van der Waals surface area contributed by atoms with Crippen molar-refractivity contribution in [2.75, 3.05) is 10.2 Å². The van der Waals surface area contributed by atoms with E-state index >= 15 is 0 Å². The Morgan fingerprint density at radius 3 is 3.22 bits per heavy atom. The zero-order valence-electron chi connectivity index (χ0n) is 9.43. The first kappa shape index (κ1) is 11.0. The number of nitrogens with one attached hydrogen (secondary N) is 1. The standard InChI is InChI=1S/C12H9IN4S/c13-5-7-6-18-12-15-11-10(16-17(7)12)8-3-1-2-4-9(8)14-11/h1-4,7H,5-6H2/p+1. The maximum Gasteiger partial charge on any atom is 0.382 e. The summed E-state index contributed by atoms with van der Waals surface area (Å²) in [5.41, 5.74) is 2.98. The molecule has 4 nitrogen and oxygen atoms in total. The van der Waals surface area contributed by atoms with E-state index in [1.54, 1.807) is 11.8 Å². The largest absolute Gasteiger partial charge is 0.382 e. The monoisotopic (exact) mass is 369 g/mol. The Bertz CT molecular complexity index is 754. The van der Waals surface area contributed by atoms with Gasteiger partial charge in [-0.1, -0.05) is 45.9 Å². The number of benzene rings is 1. The number of aromatic nitrogens is 4. The highest BCUT2D eigenvalue weighted by molar-refractivity contribution is 14.1. The van der Waals surface area contributed by atoms with E-state index in [0.29, 0.717) is 6.04 Å². The number of nitrogens with zero attached hydrogens (tertiary/aromatic N) is 3. The molecule has 3 heterocycles. The Morgan fingerprint density at radius 1 is 1.44 bits per heavy atom. The first-order chi connectivity index (χ1) is 8.86. The van der Waals surface area contributed by atoms with Gasteiger partial charge in [0.25, 0.3) is 5.65 Å². The van der Waals surface area contributed by atoms with Crippen LogP contribution in [-0.2, 0) is 0 Å². The van der Waals surface area contributed by atoms with Gasteiger partial charge < -0.3 is 4.98 Å². The van der Waals surface area contributed by atoms with Crippen LogP contribution in [0.5, 0.6) is 0 Å². The SMILES string of the molecule is ICC1CSc2nc3[nH]c4ccccc4c3n[n+]21. The van der Waals surface area contributed by atoms with E-state index in [1.165, 1.54) is 0 Å². The second-order valence-electron chi connectivity index (χ2n) is 4.33. The quantitative estimate of drug-likeness (QED) is 0.407. The smallest absolute Gasteiger partial charge is 0.317 e. The van der Waals surface area contributed by atoms with E-state index in [1.807, 2.05) is 12.1 Å². The molecule has 2 aromatic heterocycles. The van der Waals surface area contributed by atoms with Crippen molar-refractivity contribution >= 4 is 56.4 Å². The fourth-order valence-corrected chi connectivity index (χ4v) is 4.47. The molecule has 0 radical (unpaired) electrons. The van der Waals surface area contributed by atoms with Crippen LogP contribution >= 0.6 is 34.4 Å². The third-order valence-electron chi connectivity index (χ3n) is 3.20. The van der Waals surface area contributed by atoms with Crippen LogP contribution in [0.15, 0.2) is 29.4 Å². The molecular formula is C12H10IN4S+. The van der Waals surface area contributed by atoms with Gasteiger partial charge in [-0.25, -0.2) is 0 Å². The number of hydrogen-bond acceptors (Lipinski definition) is 3. The third-order valence-corrected chi connectivity index (χ3v) is 5.30. The molecule has 1 atom stereocenters. The van der Waals surface area contributed by atoms with Crippen molar-refractivity contribution in [1.29, 1.82) is 0 Å². The first-order valence-corrected chi connectivity index (χ1v) is 8.27. The Kier molecular flexibility index (Phi) is 2.47. The lowest BCUT2D eigenvalue weighted by Crippen LogP contribution is -2.43. The first-order valence-electron chi connectivity index (χ1n) is 5.76. The predicted octanol–water partition coefficient (Wildman–Crippen LogP) is 2.48. The molecule has 0 bridgehead atoms. The highest BCUT2D eigenvalue weighted by Gasteiger charge is 2.33. The summed E-state index contributed by atoms with van der Waals surface area (Å²) in [6.45, 7) is 0. The molecule has 90 valence electrons. The van der Waals surface area contributed by atoms with Crippen LogP contribution in [0.4, 0.5) is 0 Å². The predicted molar refractivity (Wildman–Crippen MR) is 80.2 cm³/mol. The molecule has 6 heteroatoms. The van der Waals surface area contributed by atoms with E-state index < -0.39 is 0 Å². The minimum atomic E-state index is 0.469. The number of H-pyrrole nitrogens is 1. The molecule has 1 aromatic carbocycles. The highest BCUT2D eigenvalue weighted by Crippen LogP contribution is 2.28. The normalized spacial score (nSPS) is 18.6.